The second-order valence-electron chi connectivity index (χ2n) is 6.91. The van der Waals surface area contributed by atoms with E-state index in [0.717, 1.165) is 5.56 Å². The molecule has 0 bridgehead atoms. The molecule has 0 fully saturated rings. The number of nitro groups is 1. The zero-order valence-corrected chi connectivity index (χ0v) is 17.7. The smallest absolute Gasteiger partial charge is 0.381 e. The molecule has 0 radical (unpaired) electrons. The number of ketones is 1. The quantitative estimate of drug-likeness (QED) is 0.126. The van der Waals surface area contributed by atoms with Gasteiger partial charge in [-0.3, -0.25) is 14.9 Å². The summed E-state index contributed by atoms with van der Waals surface area (Å²) < 4.78 is 6.61. The van der Waals surface area contributed by atoms with Gasteiger partial charge in [0, 0.05) is 34.5 Å². The minimum Gasteiger partial charge on any atom is -0.460 e. The monoisotopic (exact) mass is 448 g/mol. The maximum absolute atomic E-state index is 13.2. The molecule has 8 heteroatoms. The first kappa shape index (κ1) is 21.3. The van der Waals surface area contributed by atoms with Gasteiger partial charge in [0.05, 0.1) is 17.0 Å². The van der Waals surface area contributed by atoms with Crippen LogP contribution in [0.4, 0.5) is 5.69 Å². The lowest BCUT2D eigenvalue weighted by Crippen LogP contribution is -2.20. The number of ether oxygens (including phenoxy) is 1. The highest BCUT2D eigenvalue weighted by Crippen LogP contribution is 2.41. The number of nitrogens with zero attached hydrogens (tertiary/aromatic N) is 2. The molecule has 7 nitrogen and oxygen atoms in total. The number of hydrogen-bond donors (Lipinski definition) is 0. The summed E-state index contributed by atoms with van der Waals surface area (Å²) in [5, 5.41) is 11.7. The van der Waals surface area contributed by atoms with Gasteiger partial charge >= 0.3 is 5.97 Å². The fourth-order valence-corrected chi connectivity index (χ4v) is 3.79. The van der Waals surface area contributed by atoms with Crippen molar-refractivity contribution in [2.24, 2.45) is 0 Å². The van der Waals surface area contributed by atoms with Crippen LogP contribution in [0.5, 0.6) is 0 Å². The molecule has 2 aromatic carbocycles. The summed E-state index contributed by atoms with van der Waals surface area (Å²) in [4.78, 5) is 36.2. The van der Waals surface area contributed by atoms with Crippen LogP contribution in [0.1, 0.15) is 17.4 Å². The maximum atomic E-state index is 13.2. The third kappa shape index (κ3) is 3.74. The number of halogens is 1. The summed E-state index contributed by atoms with van der Waals surface area (Å²) in [6, 6.07) is 18.4. The van der Waals surface area contributed by atoms with E-state index in [1.54, 1.807) is 47.9 Å². The predicted octanol–water partition coefficient (Wildman–Crippen LogP) is 5.58. The normalized spacial score (nSPS) is 10.8. The van der Waals surface area contributed by atoms with E-state index < -0.39 is 16.7 Å². The van der Waals surface area contributed by atoms with Crippen molar-refractivity contribution < 1.29 is 19.2 Å². The van der Waals surface area contributed by atoms with E-state index >= 15 is 0 Å². The van der Waals surface area contributed by atoms with Gasteiger partial charge < -0.3 is 9.14 Å². The van der Waals surface area contributed by atoms with Crippen molar-refractivity contribution in [2.75, 3.05) is 6.61 Å². The van der Waals surface area contributed by atoms with Crippen LogP contribution in [0.2, 0.25) is 5.02 Å². The maximum Gasteiger partial charge on any atom is 0.381 e. The standard InChI is InChI=1S/C24H17ClN2O5/c1-2-32-24(29)23(28)22-21(16-8-12-18(13-9-16)27(30)31)20(15-6-10-17(25)11-7-15)19-5-3-4-14-26(19)22/h3-14H,2H2,1H3. The fraction of sp³-hybridized carbons (Fsp3) is 0.0833. The summed E-state index contributed by atoms with van der Waals surface area (Å²) in [6.07, 6.45) is 1.69. The zero-order chi connectivity index (χ0) is 22.8. The van der Waals surface area contributed by atoms with Crippen molar-refractivity contribution in [3.63, 3.8) is 0 Å². The number of Topliss-reactive ketones (excluding diaryl/α,β-unsaturated/α-hetero) is 1. The van der Waals surface area contributed by atoms with Crippen LogP contribution in [0.15, 0.2) is 72.9 Å². The Hall–Kier alpha value is -3.97. The Kier molecular flexibility index (Phi) is 5.75. The Morgan fingerprint density at radius 1 is 0.969 bits per heavy atom. The van der Waals surface area contributed by atoms with Gasteiger partial charge in [-0.1, -0.05) is 29.8 Å². The summed E-state index contributed by atoms with van der Waals surface area (Å²) in [5.74, 6) is -1.77. The van der Waals surface area contributed by atoms with E-state index in [1.165, 1.54) is 12.1 Å². The Morgan fingerprint density at radius 2 is 1.59 bits per heavy atom. The lowest BCUT2D eigenvalue weighted by molar-refractivity contribution is -0.384. The molecule has 32 heavy (non-hydrogen) atoms. The molecule has 0 amide bonds. The average Bonchev–Trinajstić information content (AvgIpc) is 3.14. The highest BCUT2D eigenvalue weighted by atomic mass is 35.5. The van der Waals surface area contributed by atoms with Gasteiger partial charge in [-0.15, -0.1) is 0 Å². The molecular weight excluding hydrogens is 432 g/mol. The molecule has 0 unspecified atom stereocenters. The van der Waals surface area contributed by atoms with Crippen LogP contribution < -0.4 is 0 Å². The molecule has 0 saturated heterocycles. The van der Waals surface area contributed by atoms with Crippen LogP contribution in [0.25, 0.3) is 27.8 Å². The number of non-ortho nitro benzene ring substituents is 1. The first-order chi connectivity index (χ1) is 15.4. The van der Waals surface area contributed by atoms with Gasteiger partial charge in [-0.05, 0) is 54.4 Å². The van der Waals surface area contributed by atoms with Crippen LogP contribution in [0.3, 0.4) is 0 Å². The molecule has 0 aliphatic rings. The van der Waals surface area contributed by atoms with Gasteiger partial charge in [0.15, 0.2) is 0 Å². The van der Waals surface area contributed by atoms with Gasteiger partial charge in [0.2, 0.25) is 0 Å². The van der Waals surface area contributed by atoms with Gasteiger partial charge in [-0.25, -0.2) is 4.79 Å². The van der Waals surface area contributed by atoms with E-state index in [4.69, 9.17) is 16.3 Å². The number of rotatable bonds is 6. The molecule has 0 N–H and O–H groups in total. The second kappa shape index (κ2) is 8.64. The van der Waals surface area contributed by atoms with E-state index in [9.17, 15) is 19.7 Å². The largest absolute Gasteiger partial charge is 0.460 e. The van der Waals surface area contributed by atoms with Crippen molar-refractivity contribution in [1.82, 2.24) is 4.40 Å². The molecule has 0 aliphatic heterocycles. The highest BCUT2D eigenvalue weighted by Gasteiger charge is 2.30. The molecule has 4 aromatic rings. The third-order valence-electron chi connectivity index (χ3n) is 5.02. The molecule has 0 aliphatic carbocycles. The van der Waals surface area contributed by atoms with Crippen LogP contribution in [0, 0.1) is 10.1 Å². The van der Waals surface area contributed by atoms with Crippen molar-refractivity contribution in [3.05, 3.63) is 93.8 Å². The molecule has 0 atom stereocenters. The van der Waals surface area contributed by atoms with Crippen molar-refractivity contribution in [3.8, 4) is 22.3 Å². The number of benzene rings is 2. The number of carbonyl (C=O) groups excluding carboxylic acids is 2. The molecule has 0 spiro atoms. The van der Waals surface area contributed by atoms with Crippen LogP contribution >= 0.6 is 11.6 Å². The van der Waals surface area contributed by atoms with Gasteiger partial charge in [0.25, 0.3) is 11.5 Å². The Labute approximate surface area is 188 Å². The number of aromatic nitrogens is 1. The minimum absolute atomic E-state index is 0.0603. The highest BCUT2D eigenvalue weighted by molar-refractivity contribution is 6.42. The fourth-order valence-electron chi connectivity index (χ4n) is 3.66. The van der Waals surface area contributed by atoms with Crippen molar-refractivity contribution in [2.45, 2.75) is 6.92 Å². The van der Waals surface area contributed by atoms with E-state index in [-0.39, 0.29) is 18.0 Å². The number of nitro benzene ring substituents is 1. The summed E-state index contributed by atoms with van der Waals surface area (Å²) in [5.41, 5.74) is 3.24. The van der Waals surface area contributed by atoms with E-state index in [2.05, 4.69) is 0 Å². The molecule has 0 saturated carbocycles. The van der Waals surface area contributed by atoms with Gasteiger partial charge in [0.1, 0.15) is 5.69 Å². The number of esters is 1. The number of pyridine rings is 1. The molecule has 160 valence electrons. The van der Waals surface area contributed by atoms with E-state index in [0.29, 0.717) is 27.2 Å². The summed E-state index contributed by atoms with van der Waals surface area (Å²) in [6.45, 7) is 1.68. The first-order valence-electron chi connectivity index (χ1n) is 9.77. The topological polar surface area (TPSA) is 90.9 Å². The van der Waals surface area contributed by atoms with Gasteiger partial charge in [-0.2, -0.15) is 0 Å². The van der Waals surface area contributed by atoms with Crippen molar-refractivity contribution >= 4 is 34.6 Å². The molecule has 4 rings (SSSR count). The SMILES string of the molecule is CCOC(=O)C(=O)c1c(-c2ccc([N+](=O)[O-])cc2)c(-c2ccc(Cl)cc2)c2ccccn12. The average molecular weight is 449 g/mol. The lowest BCUT2D eigenvalue weighted by atomic mass is 9.94. The van der Waals surface area contributed by atoms with Crippen LogP contribution in [-0.4, -0.2) is 27.7 Å². The summed E-state index contributed by atoms with van der Waals surface area (Å²) in [7, 11) is 0. The number of fused-ring (bicyclic) bond motifs is 1. The zero-order valence-electron chi connectivity index (χ0n) is 16.9. The Morgan fingerprint density at radius 3 is 2.22 bits per heavy atom. The number of hydrogen-bond acceptors (Lipinski definition) is 5. The van der Waals surface area contributed by atoms with E-state index in [1.807, 2.05) is 24.3 Å². The summed E-state index contributed by atoms with van der Waals surface area (Å²) >= 11 is 6.07. The first-order valence-corrected chi connectivity index (χ1v) is 10.2. The third-order valence-corrected chi connectivity index (χ3v) is 5.27. The Balaban J connectivity index is 2.08. The minimum atomic E-state index is -0.971. The molecular formula is C24H17ClN2O5. The Bertz CT molecular complexity index is 1340. The van der Waals surface area contributed by atoms with Crippen molar-refractivity contribution in [1.29, 1.82) is 0 Å². The second-order valence-corrected chi connectivity index (χ2v) is 7.35. The predicted molar refractivity (Wildman–Crippen MR) is 121 cm³/mol. The lowest BCUT2D eigenvalue weighted by Gasteiger charge is -2.09. The number of carbonyl (C=O) groups is 2. The molecule has 2 heterocycles. The molecule has 2 aromatic heterocycles. The van der Waals surface area contributed by atoms with Crippen LogP contribution in [-0.2, 0) is 9.53 Å².